The van der Waals surface area contributed by atoms with Crippen molar-refractivity contribution < 1.29 is 17.7 Å². The van der Waals surface area contributed by atoms with Gasteiger partial charge in [-0.25, -0.2) is 8.42 Å². The molecule has 1 aliphatic rings. The summed E-state index contributed by atoms with van der Waals surface area (Å²) in [5, 5.41) is 4.97. The lowest BCUT2D eigenvalue weighted by molar-refractivity contribution is 0.0677. The van der Waals surface area contributed by atoms with Gasteiger partial charge in [0, 0.05) is 27.2 Å². The molecular weight excluding hydrogens is 470 g/mol. The van der Waals surface area contributed by atoms with E-state index in [2.05, 4.69) is 43.2 Å². The van der Waals surface area contributed by atoms with Gasteiger partial charge in [-0.2, -0.15) is 4.98 Å². The van der Waals surface area contributed by atoms with Gasteiger partial charge >= 0.3 is 0 Å². The van der Waals surface area contributed by atoms with E-state index in [0.29, 0.717) is 12.5 Å². The standard InChI is InChI=1S/C21H18BrN3O4S/c1-30(26,27)11-18-24-21(29-25-18)13-4-2-12(3-5-13)20-19-15(8-9-28-20)16-10-14(22)6-7-17(16)23-19/h2-7,10,20,23H,8-9,11H2,1H3. The third-order valence-electron chi connectivity index (χ3n) is 5.12. The molecule has 4 aromatic rings. The van der Waals surface area contributed by atoms with Crippen LogP contribution >= 0.6 is 15.9 Å². The molecule has 154 valence electrons. The van der Waals surface area contributed by atoms with Crippen molar-refractivity contribution in [2.24, 2.45) is 0 Å². The molecule has 0 radical (unpaired) electrons. The Kier molecular flexibility index (Phi) is 4.76. The molecular formula is C21H18BrN3O4S. The highest BCUT2D eigenvalue weighted by molar-refractivity contribution is 9.10. The van der Waals surface area contributed by atoms with E-state index in [9.17, 15) is 8.42 Å². The van der Waals surface area contributed by atoms with E-state index in [1.165, 1.54) is 10.9 Å². The molecule has 3 heterocycles. The first kappa shape index (κ1) is 19.5. The number of nitrogens with zero attached hydrogens (tertiary/aromatic N) is 2. The molecule has 0 amide bonds. The molecule has 0 bridgehead atoms. The summed E-state index contributed by atoms with van der Waals surface area (Å²) in [7, 11) is -3.22. The van der Waals surface area contributed by atoms with Gasteiger partial charge in [-0.1, -0.05) is 33.2 Å². The van der Waals surface area contributed by atoms with Gasteiger partial charge in [0.25, 0.3) is 5.89 Å². The van der Waals surface area contributed by atoms with E-state index in [-0.39, 0.29) is 17.7 Å². The molecule has 1 atom stereocenters. The van der Waals surface area contributed by atoms with E-state index in [1.54, 1.807) is 0 Å². The first-order valence-electron chi connectivity index (χ1n) is 9.39. The van der Waals surface area contributed by atoms with E-state index in [0.717, 1.165) is 39.5 Å². The maximum Gasteiger partial charge on any atom is 0.257 e. The van der Waals surface area contributed by atoms with E-state index in [4.69, 9.17) is 9.26 Å². The first-order chi connectivity index (χ1) is 14.4. The molecule has 30 heavy (non-hydrogen) atoms. The summed E-state index contributed by atoms with van der Waals surface area (Å²) in [4.78, 5) is 7.70. The fourth-order valence-corrected chi connectivity index (χ4v) is 4.77. The number of rotatable bonds is 4. The van der Waals surface area contributed by atoms with Crippen LogP contribution in [0.3, 0.4) is 0 Å². The van der Waals surface area contributed by atoms with Crippen molar-refractivity contribution in [2.45, 2.75) is 18.3 Å². The van der Waals surface area contributed by atoms with Crippen LogP contribution in [-0.2, 0) is 26.7 Å². The van der Waals surface area contributed by atoms with Crippen LogP contribution in [0.4, 0.5) is 0 Å². The van der Waals surface area contributed by atoms with Gasteiger partial charge in [-0.3, -0.25) is 0 Å². The number of H-pyrrole nitrogens is 1. The third kappa shape index (κ3) is 3.68. The van der Waals surface area contributed by atoms with E-state index < -0.39 is 9.84 Å². The largest absolute Gasteiger partial charge is 0.367 e. The number of aromatic amines is 1. The van der Waals surface area contributed by atoms with Crippen molar-refractivity contribution in [1.29, 1.82) is 0 Å². The molecule has 1 unspecified atom stereocenters. The number of nitrogens with one attached hydrogen (secondary N) is 1. The maximum atomic E-state index is 11.4. The van der Waals surface area contributed by atoms with Crippen LogP contribution in [0.2, 0.25) is 0 Å². The predicted molar refractivity (Wildman–Crippen MR) is 116 cm³/mol. The van der Waals surface area contributed by atoms with Crippen LogP contribution in [0.5, 0.6) is 0 Å². The van der Waals surface area contributed by atoms with Crippen LogP contribution in [0.15, 0.2) is 51.5 Å². The second-order valence-corrected chi connectivity index (χ2v) is 10.5. The fourth-order valence-electron chi connectivity index (χ4n) is 3.82. The molecule has 0 aliphatic carbocycles. The summed E-state index contributed by atoms with van der Waals surface area (Å²) >= 11 is 3.55. The Morgan fingerprint density at radius 1 is 1.20 bits per heavy atom. The Hall–Kier alpha value is -2.49. The molecule has 0 saturated carbocycles. The lowest BCUT2D eigenvalue weighted by Gasteiger charge is -2.24. The SMILES string of the molecule is CS(=O)(=O)Cc1noc(-c2ccc(C3OCCc4c3[nH]c3ccc(Br)cc43)cc2)n1. The number of aromatic nitrogens is 3. The van der Waals surface area contributed by atoms with Crippen molar-refractivity contribution in [1.82, 2.24) is 15.1 Å². The van der Waals surface area contributed by atoms with Gasteiger partial charge in [-0.05, 0) is 47.9 Å². The third-order valence-corrected chi connectivity index (χ3v) is 6.40. The number of ether oxygens (including phenoxy) is 1. The summed E-state index contributed by atoms with van der Waals surface area (Å²) < 4.78 is 35.2. The average Bonchev–Trinajstić information content (AvgIpc) is 3.31. The number of fused-ring (bicyclic) bond motifs is 3. The summed E-state index contributed by atoms with van der Waals surface area (Å²) in [5.41, 5.74) is 5.20. The number of hydrogen-bond donors (Lipinski definition) is 1. The second-order valence-electron chi connectivity index (χ2n) is 7.42. The van der Waals surface area contributed by atoms with Crippen LogP contribution < -0.4 is 0 Å². The van der Waals surface area contributed by atoms with Crippen molar-refractivity contribution in [3.8, 4) is 11.5 Å². The van der Waals surface area contributed by atoms with Gasteiger partial charge in [0.1, 0.15) is 11.9 Å². The monoisotopic (exact) mass is 487 g/mol. The molecule has 1 aliphatic heterocycles. The fraction of sp³-hybridized carbons (Fsp3) is 0.238. The molecule has 2 aromatic heterocycles. The lowest BCUT2D eigenvalue weighted by atomic mass is 9.97. The molecule has 9 heteroatoms. The lowest BCUT2D eigenvalue weighted by Crippen LogP contribution is -2.16. The van der Waals surface area contributed by atoms with Gasteiger partial charge in [0.05, 0.1) is 12.3 Å². The minimum absolute atomic E-state index is 0.154. The number of halogens is 1. The smallest absolute Gasteiger partial charge is 0.257 e. The normalized spacial score (nSPS) is 16.7. The first-order valence-corrected chi connectivity index (χ1v) is 12.2. The Morgan fingerprint density at radius 3 is 2.77 bits per heavy atom. The van der Waals surface area contributed by atoms with Crippen LogP contribution in [-0.4, -0.2) is 36.4 Å². The zero-order valence-electron chi connectivity index (χ0n) is 16.1. The minimum Gasteiger partial charge on any atom is -0.367 e. The average molecular weight is 488 g/mol. The highest BCUT2D eigenvalue weighted by Crippen LogP contribution is 2.37. The van der Waals surface area contributed by atoms with E-state index >= 15 is 0 Å². The maximum absolute atomic E-state index is 11.4. The number of hydrogen-bond acceptors (Lipinski definition) is 6. The molecule has 0 spiro atoms. The summed E-state index contributed by atoms with van der Waals surface area (Å²) in [6, 6.07) is 13.9. The molecule has 0 fully saturated rings. The van der Waals surface area contributed by atoms with Gasteiger partial charge < -0.3 is 14.2 Å². The van der Waals surface area contributed by atoms with Gasteiger partial charge in [0.2, 0.25) is 0 Å². The topological polar surface area (TPSA) is 98.1 Å². The van der Waals surface area contributed by atoms with E-state index in [1.807, 2.05) is 30.3 Å². The van der Waals surface area contributed by atoms with Gasteiger partial charge in [-0.15, -0.1) is 0 Å². The minimum atomic E-state index is -3.22. The van der Waals surface area contributed by atoms with Crippen molar-refractivity contribution >= 4 is 36.7 Å². The summed E-state index contributed by atoms with van der Waals surface area (Å²) in [6.07, 6.45) is 1.82. The summed E-state index contributed by atoms with van der Waals surface area (Å²) in [5.74, 6) is 0.200. The molecule has 7 nitrogen and oxygen atoms in total. The Bertz CT molecular complexity index is 1340. The van der Waals surface area contributed by atoms with Crippen LogP contribution in [0.25, 0.3) is 22.4 Å². The molecule has 0 saturated heterocycles. The van der Waals surface area contributed by atoms with Gasteiger partial charge in [0.15, 0.2) is 15.7 Å². The van der Waals surface area contributed by atoms with Crippen molar-refractivity contribution in [2.75, 3.05) is 12.9 Å². The molecule has 1 N–H and O–H groups in total. The highest BCUT2D eigenvalue weighted by atomic mass is 79.9. The van der Waals surface area contributed by atoms with Crippen LogP contribution in [0.1, 0.15) is 28.7 Å². The quantitative estimate of drug-likeness (QED) is 0.463. The molecule has 5 rings (SSSR count). The Morgan fingerprint density at radius 2 is 2.00 bits per heavy atom. The zero-order chi connectivity index (χ0) is 20.9. The Balaban J connectivity index is 1.45. The zero-order valence-corrected chi connectivity index (χ0v) is 18.5. The van der Waals surface area contributed by atoms with Crippen molar-refractivity contribution in [3.05, 3.63) is 69.6 Å². The second kappa shape index (κ2) is 7.33. The number of benzene rings is 2. The predicted octanol–water partition coefficient (Wildman–Crippen LogP) is 4.19. The Labute approximate surface area is 181 Å². The number of sulfone groups is 1. The highest BCUT2D eigenvalue weighted by Gasteiger charge is 2.26. The van der Waals surface area contributed by atoms with Crippen LogP contribution in [0, 0.1) is 0 Å². The van der Waals surface area contributed by atoms with Crippen molar-refractivity contribution in [3.63, 3.8) is 0 Å². The summed E-state index contributed by atoms with van der Waals surface area (Å²) in [6.45, 7) is 0.650. The molecule has 2 aromatic carbocycles.